The largest absolute Gasteiger partial charge is 0.437 e. The van der Waals surface area contributed by atoms with E-state index in [2.05, 4.69) is 15.4 Å². The molecule has 0 bridgehead atoms. The summed E-state index contributed by atoms with van der Waals surface area (Å²) in [4.78, 5) is 16.6. The van der Waals surface area contributed by atoms with Crippen molar-refractivity contribution in [1.29, 1.82) is 0 Å². The zero-order valence-corrected chi connectivity index (χ0v) is 17.0. The predicted molar refractivity (Wildman–Crippen MR) is 109 cm³/mol. The van der Waals surface area contributed by atoms with Crippen molar-refractivity contribution in [1.82, 2.24) is 19.3 Å². The van der Waals surface area contributed by atoms with Gasteiger partial charge < -0.3 is 9.30 Å². The number of anilines is 1. The number of imidazole rings is 1. The minimum Gasteiger partial charge on any atom is -0.406 e. The Hall–Kier alpha value is -3.53. The molecular weight excluding hydrogens is 435 g/mol. The summed E-state index contributed by atoms with van der Waals surface area (Å²) in [6.45, 7) is 1.91. The number of halogens is 4. The number of benzene rings is 2. The van der Waals surface area contributed by atoms with Gasteiger partial charge in [0.05, 0.1) is 22.9 Å². The van der Waals surface area contributed by atoms with Crippen LogP contribution in [0.15, 0.2) is 48.7 Å². The summed E-state index contributed by atoms with van der Waals surface area (Å²) in [6.07, 6.45) is -5.13. The van der Waals surface area contributed by atoms with Crippen LogP contribution >= 0.6 is 11.6 Å². The number of aromatic nitrogens is 4. The number of rotatable bonds is 3. The average molecular weight is 450 g/mol. The summed E-state index contributed by atoms with van der Waals surface area (Å²) in [5.74, 6) is -0.612. The van der Waals surface area contributed by atoms with E-state index in [9.17, 15) is 18.0 Å². The number of fused-ring (bicyclic) bond motifs is 1. The monoisotopic (exact) mass is 449 g/mol. The third-order valence-electron chi connectivity index (χ3n) is 4.53. The van der Waals surface area contributed by atoms with Gasteiger partial charge in [0.1, 0.15) is 0 Å². The van der Waals surface area contributed by atoms with Gasteiger partial charge in [-0.25, -0.2) is 14.5 Å². The molecule has 11 heteroatoms. The minimum atomic E-state index is -4.83. The molecule has 1 amide bonds. The molecule has 7 nitrogen and oxygen atoms in total. The Balaban J connectivity index is 1.63. The predicted octanol–water partition coefficient (Wildman–Crippen LogP) is 5.35. The summed E-state index contributed by atoms with van der Waals surface area (Å²) in [5.41, 5.74) is 1.24. The van der Waals surface area contributed by atoms with Gasteiger partial charge in [0.2, 0.25) is 5.95 Å². The highest BCUT2D eigenvalue weighted by Crippen LogP contribution is 2.38. The SMILES string of the molecule is Cc1ccc2nc(NC(=O)Oc3cnn(-c4ccc(Cl)cc4)c3C(F)(F)F)n(C)c2c1. The summed E-state index contributed by atoms with van der Waals surface area (Å²) >= 11 is 5.79. The van der Waals surface area contributed by atoms with Gasteiger partial charge in [-0.3, -0.25) is 5.32 Å². The van der Waals surface area contributed by atoms with Crippen LogP contribution in [0.4, 0.5) is 23.9 Å². The van der Waals surface area contributed by atoms with Crippen LogP contribution in [0.1, 0.15) is 11.3 Å². The lowest BCUT2D eigenvalue weighted by Gasteiger charge is -2.13. The third-order valence-corrected chi connectivity index (χ3v) is 4.78. The first-order chi connectivity index (χ1) is 14.6. The van der Waals surface area contributed by atoms with Gasteiger partial charge in [-0.05, 0) is 48.9 Å². The number of ether oxygens (including phenoxy) is 1. The van der Waals surface area contributed by atoms with Gasteiger partial charge >= 0.3 is 12.3 Å². The quantitative estimate of drug-likeness (QED) is 0.457. The fraction of sp³-hybridized carbons (Fsp3) is 0.150. The molecule has 2 heterocycles. The van der Waals surface area contributed by atoms with Crippen molar-refractivity contribution in [3.05, 3.63) is 64.9 Å². The Bertz CT molecular complexity index is 1280. The van der Waals surface area contributed by atoms with Crippen molar-refractivity contribution in [2.45, 2.75) is 13.1 Å². The molecule has 0 radical (unpaired) electrons. The number of carbonyl (C=O) groups is 1. The van der Waals surface area contributed by atoms with E-state index in [4.69, 9.17) is 16.3 Å². The number of carbonyl (C=O) groups excluding carboxylic acids is 1. The molecule has 0 spiro atoms. The maximum atomic E-state index is 13.7. The molecular formula is C20H15ClF3N5O2. The van der Waals surface area contributed by atoms with Gasteiger partial charge in [-0.1, -0.05) is 17.7 Å². The van der Waals surface area contributed by atoms with Crippen molar-refractivity contribution < 1.29 is 22.7 Å². The normalized spacial score (nSPS) is 11.7. The van der Waals surface area contributed by atoms with Gasteiger partial charge in [-0.15, -0.1) is 0 Å². The first-order valence-electron chi connectivity index (χ1n) is 8.96. The lowest BCUT2D eigenvalue weighted by Crippen LogP contribution is -2.21. The Morgan fingerprint density at radius 1 is 1.16 bits per heavy atom. The summed E-state index contributed by atoms with van der Waals surface area (Å²) in [6, 6.07) is 11.1. The van der Waals surface area contributed by atoms with E-state index >= 15 is 0 Å². The molecule has 0 aliphatic heterocycles. The Kier molecular flexibility index (Phi) is 5.10. The lowest BCUT2D eigenvalue weighted by atomic mass is 10.2. The van der Waals surface area contributed by atoms with Gasteiger partial charge in [-0.2, -0.15) is 18.3 Å². The molecule has 160 valence electrons. The van der Waals surface area contributed by atoms with Crippen LogP contribution in [0.3, 0.4) is 0 Å². The molecule has 0 saturated carbocycles. The highest BCUT2D eigenvalue weighted by molar-refractivity contribution is 6.30. The van der Waals surface area contributed by atoms with Crippen LogP contribution in [0.2, 0.25) is 5.02 Å². The molecule has 4 aromatic rings. The van der Waals surface area contributed by atoms with E-state index in [0.717, 1.165) is 17.3 Å². The number of nitrogens with one attached hydrogen (secondary N) is 1. The molecule has 0 aliphatic carbocycles. The van der Waals surface area contributed by atoms with Crippen LogP contribution < -0.4 is 10.1 Å². The zero-order valence-electron chi connectivity index (χ0n) is 16.2. The lowest BCUT2D eigenvalue weighted by molar-refractivity contribution is -0.143. The number of hydrogen-bond donors (Lipinski definition) is 1. The first kappa shape index (κ1) is 20.7. The molecule has 0 saturated heterocycles. The molecule has 2 aromatic carbocycles. The third kappa shape index (κ3) is 4.06. The van der Waals surface area contributed by atoms with Crippen molar-refractivity contribution in [2.75, 3.05) is 5.32 Å². The van der Waals surface area contributed by atoms with Crippen molar-refractivity contribution in [3.63, 3.8) is 0 Å². The topological polar surface area (TPSA) is 74.0 Å². The fourth-order valence-corrected chi connectivity index (χ4v) is 3.20. The summed E-state index contributed by atoms with van der Waals surface area (Å²) in [7, 11) is 1.67. The average Bonchev–Trinajstić information content (AvgIpc) is 3.24. The van der Waals surface area contributed by atoms with Crippen LogP contribution in [0.5, 0.6) is 5.75 Å². The second-order valence-electron chi connectivity index (χ2n) is 6.74. The van der Waals surface area contributed by atoms with Crippen molar-refractivity contribution in [3.8, 4) is 11.4 Å². The number of nitrogens with zero attached hydrogens (tertiary/aromatic N) is 4. The summed E-state index contributed by atoms with van der Waals surface area (Å²) < 4.78 is 48.3. The Morgan fingerprint density at radius 2 is 1.87 bits per heavy atom. The highest BCUT2D eigenvalue weighted by Gasteiger charge is 2.40. The summed E-state index contributed by atoms with van der Waals surface area (Å²) in [5, 5.41) is 6.46. The van der Waals surface area contributed by atoms with Gasteiger partial charge in [0.25, 0.3) is 0 Å². The molecule has 1 N–H and O–H groups in total. The molecule has 0 atom stereocenters. The van der Waals surface area contributed by atoms with Crippen molar-refractivity contribution >= 4 is 34.7 Å². The maximum Gasteiger partial charge on any atom is 0.437 e. The zero-order chi connectivity index (χ0) is 22.3. The van der Waals surface area contributed by atoms with Crippen LogP contribution in [-0.4, -0.2) is 25.4 Å². The molecule has 4 rings (SSSR count). The molecule has 0 fully saturated rings. The number of hydrogen-bond acceptors (Lipinski definition) is 4. The van der Waals surface area contributed by atoms with Crippen LogP contribution in [0, 0.1) is 6.92 Å². The smallest absolute Gasteiger partial charge is 0.406 e. The van der Waals surface area contributed by atoms with Gasteiger partial charge in [0.15, 0.2) is 11.4 Å². The molecule has 0 aliphatic rings. The van der Waals surface area contributed by atoms with E-state index in [-0.39, 0.29) is 11.6 Å². The second-order valence-corrected chi connectivity index (χ2v) is 7.18. The van der Waals surface area contributed by atoms with Crippen LogP contribution in [-0.2, 0) is 13.2 Å². The Labute approximate surface area is 179 Å². The fourth-order valence-electron chi connectivity index (χ4n) is 3.07. The second kappa shape index (κ2) is 7.62. The number of amides is 1. The standard InChI is InChI=1S/C20H15ClF3N5O2/c1-11-3-8-14-15(9-11)28(2)18(26-14)27-19(30)31-16-10-25-29(17(16)20(22,23)24)13-6-4-12(21)5-7-13/h3-10H,1-2H3,(H,26,27,30). The van der Waals surface area contributed by atoms with E-state index in [1.807, 2.05) is 19.1 Å². The van der Waals surface area contributed by atoms with E-state index in [1.165, 1.54) is 24.3 Å². The number of alkyl halides is 3. The van der Waals surface area contributed by atoms with E-state index in [0.29, 0.717) is 15.2 Å². The molecule has 31 heavy (non-hydrogen) atoms. The first-order valence-corrected chi connectivity index (χ1v) is 9.34. The van der Waals surface area contributed by atoms with Crippen LogP contribution in [0.25, 0.3) is 16.7 Å². The molecule has 2 aromatic heterocycles. The molecule has 0 unspecified atom stereocenters. The van der Waals surface area contributed by atoms with E-state index in [1.54, 1.807) is 17.7 Å². The minimum absolute atomic E-state index is 0.109. The maximum absolute atomic E-state index is 13.7. The van der Waals surface area contributed by atoms with Gasteiger partial charge in [0, 0.05) is 12.1 Å². The van der Waals surface area contributed by atoms with E-state index < -0.39 is 23.7 Å². The highest BCUT2D eigenvalue weighted by atomic mass is 35.5. The van der Waals surface area contributed by atoms with Crippen molar-refractivity contribution in [2.24, 2.45) is 7.05 Å². The number of aryl methyl sites for hydroxylation is 2. The Morgan fingerprint density at radius 3 is 2.55 bits per heavy atom.